The van der Waals surface area contributed by atoms with Crippen LogP contribution >= 0.6 is 0 Å². The lowest BCUT2D eigenvalue weighted by Gasteiger charge is -2.11. The van der Waals surface area contributed by atoms with Gasteiger partial charge in [0, 0.05) is 27.5 Å². The fourth-order valence-electron chi connectivity index (χ4n) is 6.32. The van der Waals surface area contributed by atoms with Gasteiger partial charge in [0.2, 0.25) is 0 Å². The summed E-state index contributed by atoms with van der Waals surface area (Å²) in [4.78, 5) is 14.7. The third-order valence-corrected chi connectivity index (χ3v) is 8.51. The molecule has 9 rings (SSSR count). The normalized spacial score (nSPS) is 11.6. The summed E-state index contributed by atoms with van der Waals surface area (Å²) in [6.45, 7) is 0. The number of para-hydroxylation sites is 1. The monoisotopic (exact) mass is 575 g/mol. The van der Waals surface area contributed by atoms with E-state index in [1.54, 1.807) is 0 Å². The Labute approximate surface area is 259 Å². The van der Waals surface area contributed by atoms with Crippen molar-refractivity contribution in [3.05, 3.63) is 152 Å². The van der Waals surface area contributed by atoms with Crippen LogP contribution in [0, 0.1) is 0 Å². The summed E-state index contributed by atoms with van der Waals surface area (Å²) < 4.78 is 6.19. The molecule has 2 aromatic heterocycles. The van der Waals surface area contributed by atoms with Crippen LogP contribution in [-0.4, -0.2) is 15.0 Å². The first-order valence-corrected chi connectivity index (χ1v) is 15.0. The van der Waals surface area contributed by atoms with Crippen LogP contribution in [0.3, 0.4) is 0 Å². The van der Waals surface area contributed by atoms with Crippen LogP contribution in [-0.2, 0) is 0 Å². The van der Waals surface area contributed by atoms with Crippen molar-refractivity contribution >= 4 is 43.5 Å². The lowest BCUT2D eigenvalue weighted by Crippen LogP contribution is -2.00. The van der Waals surface area contributed by atoms with Crippen LogP contribution in [0.25, 0.3) is 88.8 Å². The summed E-state index contributed by atoms with van der Waals surface area (Å²) in [5.41, 5.74) is 7.02. The topological polar surface area (TPSA) is 51.8 Å². The molecule has 0 saturated heterocycles. The molecule has 4 nitrogen and oxygen atoms in total. The Morgan fingerprint density at radius 2 is 1.00 bits per heavy atom. The molecule has 7 aromatic carbocycles. The van der Waals surface area contributed by atoms with E-state index >= 15 is 0 Å². The van der Waals surface area contributed by atoms with Crippen molar-refractivity contribution in [1.29, 1.82) is 0 Å². The molecule has 4 heteroatoms. The van der Waals surface area contributed by atoms with E-state index in [2.05, 4.69) is 78.9 Å². The average Bonchev–Trinajstić information content (AvgIpc) is 3.51. The van der Waals surface area contributed by atoms with Gasteiger partial charge in [0.1, 0.15) is 11.2 Å². The van der Waals surface area contributed by atoms with Gasteiger partial charge in [0.05, 0.1) is 0 Å². The van der Waals surface area contributed by atoms with E-state index < -0.39 is 0 Å². The Bertz CT molecular complexity index is 2480. The smallest absolute Gasteiger partial charge is 0.164 e. The van der Waals surface area contributed by atoms with E-state index in [4.69, 9.17) is 19.4 Å². The Morgan fingerprint density at radius 1 is 0.356 bits per heavy atom. The highest BCUT2D eigenvalue weighted by atomic mass is 16.3. The van der Waals surface area contributed by atoms with Crippen molar-refractivity contribution in [3.8, 4) is 45.3 Å². The Hall–Kier alpha value is -6.13. The van der Waals surface area contributed by atoms with Crippen LogP contribution in [0.4, 0.5) is 0 Å². The molecule has 0 bridgehead atoms. The van der Waals surface area contributed by atoms with E-state index in [0.717, 1.165) is 49.6 Å². The van der Waals surface area contributed by atoms with Crippen LogP contribution in [0.1, 0.15) is 0 Å². The van der Waals surface area contributed by atoms with Crippen molar-refractivity contribution in [2.24, 2.45) is 0 Å². The SMILES string of the molecule is c1ccc(-c2nc(-c3ccccc3)nc(-c3ccc4c(-c5ccc6ccc7oc8ccccc8c7c6c5)cccc4c3)n2)cc1. The average molecular weight is 576 g/mol. The zero-order chi connectivity index (χ0) is 29.7. The minimum atomic E-state index is 0.648. The molecule has 45 heavy (non-hydrogen) atoms. The molecule has 0 amide bonds. The zero-order valence-corrected chi connectivity index (χ0v) is 24.2. The molecular formula is C41H25N3O. The second-order valence-electron chi connectivity index (χ2n) is 11.3. The van der Waals surface area contributed by atoms with Crippen molar-refractivity contribution in [2.75, 3.05) is 0 Å². The molecular weight excluding hydrogens is 550 g/mol. The Morgan fingerprint density at radius 3 is 1.76 bits per heavy atom. The first kappa shape index (κ1) is 25.4. The number of furan rings is 1. The zero-order valence-electron chi connectivity index (χ0n) is 24.2. The van der Waals surface area contributed by atoms with E-state index in [1.807, 2.05) is 72.8 Å². The second-order valence-corrected chi connectivity index (χ2v) is 11.3. The van der Waals surface area contributed by atoms with E-state index in [-0.39, 0.29) is 0 Å². The molecule has 0 fully saturated rings. The van der Waals surface area contributed by atoms with Gasteiger partial charge in [0.25, 0.3) is 0 Å². The van der Waals surface area contributed by atoms with Crippen molar-refractivity contribution < 1.29 is 4.42 Å². The standard InChI is InChI=1S/C41H25N3O/c1-3-10-27(11-4-1)39-42-40(28-12-5-2-6-13-28)44-41(43-39)31-20-22-33-29(24-31)14-9-16-32(33)30-19-18-26-21-23-37-38(35(26)25-30)34-15-7-8-17-36(34)45-37/h1-25H. The number of hydrogen-bond donors (Lipinski definition) is 0. The first-order chi connectivity index (χ1) is 22.3. The van der Waals surface area contributed by atoms with Crippen molar-refractivity contribution in [3.63, 3.8) is 0 Å². The van der Waals surface area contributed by atoms with Gasteiger partial charge < -0.3 is 4.42 Å². The van der Waals surface area contributed by atoms with Crippen LogP contribution < -0.4 is 0 Å². The lowest BCUT2D eigenvalue weighted by atomic mass is 9.94. The molecule has 210 valence electrons. The number of nitrogens with zero attached hydrogens (tertiary/aromatic N) is 3. The molecule has 2 heterocycles. The van der Waals surface area contributed by atoms with Gasteiger partial charge in [-0.15, -0.1) is 0 Å². The van der Waals surface area contributed by atoms with Gasteiger partial charge >= 0.3 is 0 Å². The predicted octanol–water partition coefficient (Wildman–Crippen LogP) is 10.7. The summed E-state index contributed by atoms with van der Waals surface area (Å²) >= 11 is 0. The molecule has 0 aliphatic rings. The second kappa shape index (κ2) is 10.2. The van der Waals surface area contributed by atoms with Gasteiger partial charge in [-0.2, -0.15) is 0 Å². The summed E-state index contributed by atoms with van der Waals surface area (Å²) in [6.07, 6.45) is 0. The highest BCUT2D eigenvalue weighted by Crippen LogP contribution is 2.38. The first-order valence-electron chi connectivity index (χ1n) is 15.0. The molecule has 0 radical (unpaired) electrons. The maximum atomic E-state index is 6.19. The van der Waals surface area contributed by atoms with Gasteiger partial charge in [-0.3, -0.25) is 0 Å². The summed E-state index contributed by atoms with van der Waals surface area (Å²) in [5, 5.41) is 6.98. The number of aromatic nitrogens is 3. The largest absolute Gasteiger partial charge is 0.456 e. The van der Waals surface area contributed by atoms with Gasteiger partial charge in [-0.1, -0.05) is 127 Å². The van der Waals surface area contributed by atoms with Crippen molar-refractivity contribution in [2.45, 2.75) is 0 Å². The molecule has 0 N–H and O–H groups in total. The van der Waals surface area contributed by atoms with Gasteiger partial charge in [-0.25, -0.2) is 15.0 Å². The van der Waals surface area contributed by atoms with Gasteiger partial charge in [-0.05, 0) is 56.9 Å². The molecule has 0 atom stereocenters. The fraction of sp³-hybridized carbons (Fsp3) is 0. The maximum absolute atomic E-state index is 6.19. The third kappa shape index (κ3) is 4.35. The molecule has 0 saturated carbocycles. The van der Waals surface area contributed by atoms with E-state index in [0.29, 0.717) is 17.5 Å². The highest BCUT2D eigenvalue weighted by molar-refractivity contribution is 6.19. The predicted molar refractivity (Wildman–Crippen MR) is 184 cm³/mol. The quantitative estimate of drug-likeness (QED) is 0.209. The molecule has 0 aliphatic carbocycles. The lowest BCUT2D eigenvalue weighted by molar-refractivity contribution is 0.669. The third-order valence-electron chi connectivity index (χ3n) is 8.51. The van der Waals surface area contributed by atoms with Crippen molar-refractivity contribution in [1.82, 2.24) is 15.0 Å². The fourth-order valence-corrected chi connectivity index (χ4v) is 6.32. The van der Waals surface area contributed by atoms with E-state index in [1.165, 1.54) is 21.7 Å². The van der Waals surface area contributed by atoms with Gasteiger partial charge in [0.15, 0.2) is 17.5 Å². The summed E-state index contributed by atoms with van der Waals surface area (Å²) in [7, 11) is 0. The maximum Gasteiger partial charge on any atom is 0.164 e. The minimum absolute atomic E-state index is 0.648. The van der Waals surface area contributed by atoms with Crippen LogP contribution in [0.5, 0.6) is 0 Å². The Kier molecular flexibility index (Phi) is 5.78. The molecule has 0 aliphatic heterocycles. The van der Waals surface area contributed by atoms with Crippen LogP contribution in [0.2, 0.25) is 0 Å². The number of hydrogen-bond acceptors (Lipinski definition) is 4. The molecule has 0 spiro atoms. The minimum Gasteiger partial charge on any atom is -0.456 e. The summed E-state index contributed by atoms with van der Waals surface area (Å²) in [5.74, 6) is 1.96. The molecule has 9 aromatic rings. The number of rotatable bonds is 4. The summed E-state index contributed by atoms with van der Waals surface area (Å²) in [6, 6.07) is 52.3. The van der Waals surface area contributed by atoms with E-state index in [9.17, 15) is 0 Å². The Balaban J connectivity index is 1.19. The number of benzene rings is 7. The highest BCUT2D eigenvalue weighted by Gasteiger charge is 2.15. The molecule has 0 unspecified atom stereocenters. The van der Waals surface area contributed by atoms with Crippen LogP contribution in [0.15, 0.2) is 156 Å². The number of fused-ring (bicyclic) bond motifs is 6.